The van der Waals surface area contributed by atoms with E-state index in [1.807, 2.05) is 23.1 Å². The first-order valence-corrected chi connectivity index (χ1v) is 11.0. The van der Waals surface area contributed by atoms with Crippen molar-refractivity contribution in [3.63, 3.8) is 0 Å². The number of carbonyl (C=O) groups excluding carboxylic acids is 2. The lowest BCUT2D eigenvalue weighted by atomic mass is 10.2. The fraction of sp³-hybridized carbons (Fsp3) is 0.364. The van der Waals surface area contributed by atoms with Crippen molar-refractivity contribution in [2.45, 2.75) is 39.2 Å². The van der Waals surface area contributed by atoms with E-state index >= 15 is 0 Å². The summed E-state index contributed by atoms with van der Waals surface area (Å²) >= 11 is 1.19. The van der Waals surface area contributed by atoms with E-state index in [0.717, 1.165) is 38.8 Å². The highest BCUT2D eigenvalue weighted by Gasteiger charge is 2.21. The van der Waals surface area contributed by atoms with Gasteiger partial charge in [-0.15, -0.1) is 11.3 Å². The lowest BCUT2D eigenvalue weighted by Gasteiger charge is -2.20. The number of nitrogens with one attached hydrogen (secondary N) is 1. The number of thiophene rings is 1. The summed E-state index contributed by atoms with van der Waals surface area (Å²) in [6.07, 6.45) is 5.69. The molecule has 7 nitrogen and oxygen atoms in total. The second-order valence-electron chi connectivity index (χ2n) is 7.53. The molecule has 0 bridgehead atoms. The summed E-state index contributed by atoms with van der Waals surface area (Å²) in [6.45, 7) is 3.21. The van der Waals surface area contributed by atoms with Crippen molar-refractivity contribution >= 4 is 39.1 Å². The highest BCUT2D eigenvalue weighted by Crippen LogP contribution is 2.27. The predicted molar refractivity (Wildman–Crippen MR) is 118 cm³/mol. The van der Waals surface area contributed by atoms with E-state index in [0.29, 0.717) is 26.3 Å². The predicted octanol–water partition coefficient (Wildman–Crippen LogP) is 3.42. The summed E-state index contributed by atoms with van der Waals surface area (Å²) in [5, 5.41) is 3.26. The summed E-state index contributed by atoms with van der Waals surface area (Å²) < 4.78 is 1.36. The molecule has 0 aliphatic carbocycles. The van der Waals surface area contributed by atoms with E-state index < -0.39 is 0 Å². The van der Waals surface area contributed by atoms with Crippen LogP contribution in [0.4, 0.5) is 5.69 Å². The number of para-hydroxylation sites is 1. The van der Waals surface area contributed by atoms with Gasteiger partial charge in [-0.25, -0.2) is 4.98 Å². The zero-order valence-corrected chi connectivity index (χ0v) is 17.7. The van der Waals surface area contributed by atoms with E-state index in [9.17, 15) is 14.4 Å². The van der Waals surface area contributed by atoms with Gasteiger partial charge in [-0.1, -0.05) is 31.0 Å². The van der Waals surface area contributed by atoms with E-state index in [1.165, 1.54) is 22.2 Å². The van der Waals surface area contributed by atoms with Crippen LogP contribution in [0, 0.1) is 6.92 Å². The Bertz CT molecular complexity index is 1130. The van der Waals surface area contributed by atoms with Gasteiger partial charge in [-0.3, -0.25) is 19.0 Å². The number of hydrogen-bond acceptors (Lipinski definition) is 5. The maximum absolute atomic E-state index is 13.1. The smallest absolute Gasteiger partial charge is 0.266 e. The Morgan fingerprint density at radius 2 is 1.80 bits per heavy atom. The molecule has 156 valence electrons. The summed E-state index contributed by atoms with van der Waals surface area (Å²) in [5.41, 5.74) is 1.00. The molecule has 8 heteroatoms. The van der Waals surface area contributed by atoms with Crippen LogP contribution >= 0.6 is 11.3 Å². The highest BCUT2D eigenvalue weighted by atomic mass is 32.1. The minimum atomic E-state index is -0.282. The maximum Gasteiger partial charge on any atom is 0.266 e. The van der Waals surface area contributed by atoms with Crippen molar-refractivity contribution in [3.8, 4) is 0 Å². The second kappa shape index (κ2) is 8.79. The number of amides is 2. The van der Waals surface area contributed by atoms with E-state index in [4.69, 9.17) is 0 Å². The molecule has 1 aliphatic rings. The molecule has 1 aromatic carbocycles. The Balaban J connectivity index is 1.59. The van der Waals surface area contributed by atoms with Crippen molar-refractivity contribution < 1.29 is 9.59 Å². The number of hydrogen-bond donors (Lipinski definition) is 1. The van der Waals surface area contributed by atoms with Crippen molar-refractivity contribution in [2.24, 2.45) is 0 Å². The third kappa shape index (κ3) is 4.14. The van der Waals surface area contributed by atoms with Gasteiger partial charge in [0.1, 0.15) is 11.4 Å². The summed E-state index contributed by atoms with van der Waals surface area (Å²) in [6, 6.07) is 9.17. The Kier molecular flexibility index (Phi) is 5.94. The molecule has 0 saturated carbocycles. The number of rotatable bonds is 4. The lowest BCUT2D eigenvalue weighted by Crippen LogP contribution is -2.37. The second-order valence-corrected chi connectivity index (χ2v) is 8.53. The summed E-state index contributed by atoms with van der Waals surface area (Å²) in [5.74, 6) is -0.330. The molecule has 1 saturated heterocycles. The zero-order chi connectivity index (χ0) is 21.1. The fourth-order valence-electron chi connectivity index (χ4n) is 3.76. The third-order valence-electron chi connectivity index (χ3n) is 5.42. The Hall–Kier alpha value is -3.00. The summed E-state index contributed by atoms with van der Waals surface area (Å²) in [4.78, 5) is 45.6. The molecule has 3 heterocycles. The van der Waals surface area contributed by atoms with Crippen LogP contribution in [0.1, 0.15) is 40.9 Å². The van der Waals surface area contributed by atoms with Gasteiger partial charge in [0.15, 0.2) is 0 Å². The quantitative estimate of drug-likeness (QED) is 0.696. The first-order chi connectivity index (χ1) is 14.5. The number of carbonyl (C=O) groups is 2. The van der Waals surface area contributed by atoms with Gasteiger partial charge in [0.05, 0.1) is 16.6 Å². The van der Waals surface area contributed by atoms with Crippen molar-refractivity contribution in [1.82, 2.24) is 14.5 Å². The summed E-state index contributed by atoms with van der Waals surface area (Å²) in [7, 11) is 0. The molecule has 1 fully saturated rings. The van der Waals surface area contributed by atoms with Crippen LogP contribution in [0.25, 0.3) is 10.2 Å². The van der Waals surface area contributed by atoms with Crippen molar-refractivity contribution in [3.05, 3.63) is 57.5 Å². The van der Waals surface area contributed by atoms with Gasteiger partial charge < -0.3 is 10.2 Å². The third-order valence-corrected chi connectivity index (χ3v) is 6.62. The van der Waals surface area contributed by atoms with Crippen molar-refractivity contribution in [2.75, 3.05) is 18.4 Å². The lowest BCUT2D eigenvalue weighted by molar-refractivity contribution is -0.131. The number of benzene rings is 1. The van der Waals surface area contributed by atoms with Crippen LogP contribution < -0.4 is 10.9 Å². The average Bonchev–Trinajstić information content (AvgIpc) is 2.92. The normalized spacial score (nSPS) is 14.5. The van der Waals surface area contributed by atoms with E-state index in [1.54, 1.807) is 19.1 Å². The number of nitrogens with zero attached hydrogens (tertiary/aromatic N) is 3. The number of aryl methyl sites for hydroxylation is 1. The molecule has 2 amide bonds. The zero-order valence-electron chi connectivity index (χ0n) is 16.9. The number of aromatic nitrogens is 2. The Morgan fingerprint density at radius 3 is 2.50 bits per heavy atom. The Morgan fingerprint density at radius 1 is 1.10 bits per heavy atom. The number of fused-ring (bicyclic) bond motifs is 1. The van der Waals surface area contributed by atoms with Gasteiger partial charge in [-0.05, 0) is 37.5 Å². The molecular formula is C22H24N4O3S. The first-order valence-electron chi connectivity index (χ1n) is 10.2. The van der Waals surface area contributed by atoms with Gasteiger partial charge in [-0.2, -0.15) is 0 Å². The molecule has 3 aromatic rings. The SMILES string of the molecule is Cc1c(C(=O)Nc2ccccc2)sc2ncn(CC(=O)N3CCCCCC3)c(=O)c12. The molecule has 0 atom stereocenters. The van der Waals surface area contributed by atoms with E-state index in [-0.39, 0.29) is 23.9 Å². The molecule has 0 unspecified atom stereocenters. The molecule has 4 rings (SSSR count). The Labute approximate surface area is 178 Å². The molecule has 1 aliphatic heterocycles. The molecular weight excluding hydrogens is 400 g/mol. The van der Waals surface area contributed by atoms with Gasteiger partial charge in [0.25, 0.3) is 11.5 Å². The minimum absolute atomic E-state index is 0.0252. The fourth-order valence-corrected chi connectivity index (χ4v) is 4.80. The topological polar surface area (TPSA) is 84.3 Å². The standard InChI is InChI=1S/C22H24N4O3S/c1-15-18-21(30-19(15)20(28)24-16-9-5-4-6-10-16)23-14-26(22(18)29)13-17(27)25-11-7-2-3-8-12-25/h4-6,9-10,14H,2-3,7-8,11-13H2,1H3,(H,24,28). The average molecular weight is 425 g/mol. The van der Waals surface area contributed by atoms with E-state index in [2.05, 4.69) is 10.3 Å². The molecule has 1 N–H and O–H groups in total. The number of anilines is 1. The van der Waals surface area contributed by atoms with Crippen LogP contribution in [-0.2, 0) is 11.3 Å². The molecule has 0 spiro atoms. The maximum atomic E-state index is 13.1. The molecule has 0 radical (unpaired) electrons. The highest BCUT2D eigenvalue weighted by molar-refractivity contribution is 7.20. The van der Waals surface area contributed by atoms with Gasteiger partial charge >= 0.3 is 0 Å². The van der Waals surface area contributed by atoms with Crippen LogP contribution in [-0.4, -0.2) is 39.4 Å². The minimum Gasteiger partial charge on any atom is -0.341 e. The van der Waals surface area contributed by atoms with Crippen LogP contribution in [0.15, 0.2) is 41.5 Å². The number of likely N-dealkylation sites (tertiary alicyclic amines) is 1. The van der Waals surface area contributed by atoms with Crippen LogP contribution in [0.3, 0.4) is 0 Å². The first kappa shape index (κ1) is 20.3. The monoisotopic (exact) mass is 424 g/mol. The van der Waals surface area contributed by atoms with Crippen LogP contribution in [0.2, 0.25) is 0 Å². The van der Waals surface area contributed by atoms with Gasteiger partial charge in [0, 0.05) is 18.8 Å². The largest absolute Gasteiger partial charge is 0.341 e. The van der Waals surface area contributed by atoms with Crippen molar-refractivity contribution in [1.29, 1.82) is 0 Å². The molecule has 30 heavy (non-hydrogen) atoms. The van der Waals surface area contributed by atoms with Crippen LogP contribution in [0.5, 0.6) is 0 Å². The molecule has 2 aromatic heterocycles. The van der Waals surface area contributed by atoms with Gasteiger partial charge in [0.2, 0.25) is 5.91 Å².